The largest absolute Gasteiger partial charge is 0.381 e. The third-order valence-electron chi connectivity index (χ3n) is 2.76. The molecule has 2 rings (SSSR count). The molecule has 1 aliphatic heterocycles. The molecule has 1 saturated heterocycles. The van der Waals surface area contributed by atoms with E-state index in [1.165, 1.54) is 12.0 Å². The van der Waals surface area contributed by atoms with Crippen molar-refractivity contribution in [1.82, 2.24) is 9.78 Å². The second-order valence-corrected chi connectivity index (χ2v) is 3.92. The molecule has 0 bridgehead atoms. The van der Waals surface area contributed by atoms with Crippen molar-refractivity contribution in [3.8, 4) is 0 Å². The van der Waals surface area contributed by atoms with Gasteiger partial charge < -0.3 is 4.74 Å². The average Bonchev–Trinajstić information content (AvgIpc) is 2.68. The van der Waals surface area contributed by atoms with Crippen LogP contribution in [0.2, 0.25) is 0 Å². The highest BCUT2D eigenvalue weighted by Crippen LogP contribution is 2.20. The van der Waals surface area contributed by atoms with E-state index in [1.54, 1.807) is 0 Å². The standard InChI is InChI=1S/C11H18N2O/c1-2-3-10-8-12-13(9-10)11-4-6-14-7-5-11/h8-9,11H,2-7H2,1H3. The highest BCUT2D eigenvalue weighted by Gasteiger charge is 2.15. The Hall–Kier alpha value is -0.830. The van der Waals surface area contributed by atoms with Gasteiger partial charge in [0.15, 0.2) is 0 Å². The molecule has 0 aromatic carbocycles. The number of rotatable bonds is 3. The van der Waals surface area contributed by atoms with Crippen LogP contribution in [-0.4, -0.2) is 23.0 Å². The van der Waals surface area contributed by atoms with Crippen LogP contribution in [0.15, 0.2) is 12.4 Å². The van der Waals surface area contributed by atoms with Gasteiger partial charge in [-0.2, -0.15) is 5.10 Å². The van der Waals surface area contributed by atoms with Gasteiger partial charge in [0.2, 0.25) is 0 Å². The van der Waals surface area contributed by atoms with E-state index >= 15 is 0 Å². The molecule has 0 amide bonds. The van der Waals surface area contributed by atoms with Gasteiger partial charge in [0.05, 0.1) is 12.2 Å². The van der Waals surface area contributed by atoms with Gasteiger partial charge in [-0.05, 0) is 24.8 Å². The van der Waals surface area contributed by atoms with Crippen LogP contribution in [0.4, 0.5) is 0 Å². The lowest BCUT2D eigenvalue weighted by Crippen LogP contribution is -2.19. The van der Waals surface area contributed by atoms with E-state index in [1.807, 2.05) is 6.20 Å². The van der Waals surface area contributed by atoms with Crippen molar-refractivity contribution < 1.29 is 4.74 Å². The Bertz CT molecular complexity index is 277. The second kappa shape index (κ2) is 4.60. The van der Waals surface area contributed by atoms with Gasteiger partial charge in [0.1, 0.15) is 0 Å². The van der Waals surface area contributed by atoms with Crippen molar-refractivity contribution >= 4 is 0 Å². The first-order chi connectivity index (χ1) is 6.90. The summed E-state index contributed by atoms with van der Waals surface area (Å²) in [6.07, 6.45) is 8.74. The van der Waals surface area contributed by atoms with Crippen LogP contribution in [0.25, 0.3) is 0 Å². The summed E-state index contributed by atoms with van der Waals surface area (Å²) in [6.45, 7) is 3.97. The molecule has 0 aliphatic carbocycles. The number of nitrogens with zero attached hydrogens (tertiary/aromatic N) is 2. The van der Waals surface area contributed by atoms with Gasteiger partial charge in [-0.3, -0.25) is 4.68 Å². The number of aromatic nitrogens is 2. The summed E-state index contributed by atoms with van der Waals surface area (Å²) in [5.74, 6) is 0. The van der Waals surface area contributed by atoms with Crippen molar-refractivity contribution in [2.24, 2.45) is 0 Å². The predicted molar refractivity (Wildman–Crippen MR) is 55.3 cm³/mol. The van der Waals surface area contributed by atoms with E-state index in [0.717, 1.165) is 32.5 Å². The monoisotopic (exact) mass is 194 g/mol. The van der Waals surface area contributed by atoms with E-state index in [0.29, 0.717) is 6.04 Å². The van der Waals surface area contributed by atoms with Crippen molar-refractivity contribution in [2.75, 3.05) is 13.2 Å². The summed E-state index contributed by atoms with van der Waals surface area (Å²) in [6, 6.07) is 0.564. The summed E-state index contributed by atoms with van der Waals surface area (Å²) in [5.41, 5.74) is 1.36. The topological polar surface area (TPSA) is 27.1 Å². The Morgan fingerprint density at radius 2 is 2.29 bits per heavy atom. The van der Waals surface area contributed by atoms with Crippen LogP contribution in [-0.2, 0) is 11.2 Å². The molecule has 0 spiro atoms. The van der Waals surface area contributed by atoms with Crippen molar-refractivity contribution in [3.63, 3.8) is 0 Å². The Morgan fingerprint density at radius 3 is 3.00 bits per heavy atom. The maximum absolute atomic E-state index is 5.33. The smallest absolute Gasteiger partial charge is 0.0563 e. The maximum atomic E-state index is 5.33. The van der Waals surface area contributed by atoms with Crippen molar-refractivity contribution in [3.05, 3.63) is 18.0 Å². The van der Waals surface area contributed by atoms with E-state index < -0.39 is 0 Å². The molecule has 3 heteroatoms. The molecule has 2 heterocycles. The summed E-state index contributed by atoms with van der Waals surface area (Å²) in [4.78, 5) is 0. The van der Waals surface area contributed by atoms with Gasteiger partial charge >= 0.3 is 0 Å². The normalized spacial score (nSPS) is 18.6. The lowest BCUT2D eigenvalue weighted by atomic mass is 10.1. The van der Waals surface area contributed by atoms with Crippen LogP contribution >= 0.6 is 0 Å². The highest BCUT2D eigenvalue weighted by atomic mass is 16.5. The molecule has 14 heavy (non-hydrogen) atoms. The maximum Gasteiger partial charge on any atom is 0.0563 e. The quantitative estimate of drug-likeness (QED) is 0.737. The summed E-state index contributed by atoms with van der Waals surface area (Å²) in [5, 5.41) is 4.42. The molecular weight excluding hydrogens is 176 g/mol. The fourth-order valence-corrected chi connectivity index (χ4v) is 1.94. The summed E-state index contributed by atoms with van der Waals surface area (Å²) in [7, 11) is 0. The molecule has 1 fully saturated rings. The van der Waals surface area contributed by atoms with Gasteiger partial charge in [0.25, 0.3) is 0 Å². The first-order valence-electron chi connectivity index (χ1n) is 5.51. The van der Waals surface area contributed by atoms with Crippen LogP contribution in [0.3, 0.4) is 0 Å². The number of hydrogen-bond acceptors (Lipinski definition) is 2. The molecule has 1 aromatic heterocycles. The first-order valence-corrected chi connectivity index (χ1v) is 5.51. The minimum absolute atomic E-state index is 0.564. The zero-order valence-corrected chi connectivity index (χ0v) is 8.78. The van der Waals surface area contributed by atoms with Crippen molar-refractivity contribution in [2.45, 2.75) is 38.6 Å². The van der Waals surface area contributed by atoms with E-state index in [2.05, 4.69) is 22.9 Å². The molecule has 1 aliphatic rings. The minimum atomic E-state index is 0.564. The van der Waals surface area contributed by atoms with Gasteiger partial charge in [-0.1, -0.05) is 13.3 Å². The minimum Gasteiger partial charge on any atom is -0.381 e. The van der Waals surface area contributed by atoms with E-state index in [-0.39, 0.29) is 0 Å². The summed E-state index contributed by atoms with van der Waals surface area (Å²) >= 11 is 0. The number of aryl methyl sites for hydroxylation is 1. The lowest BCUT2D eigenvalue weighted by Gasteiger charge is -2.22. The van der Waals surface area contributed by atoms with Crippen LogP contribution < -0.4 is 0 Å². The fraction of sp³-hybridized carbons (Fsp3) is 0.727. The SMILES string of the molecule is CCCc1cnn(C2CCOCC2)c1. The zero-order valence-electron chi connectivity index (χ0n) is 8.78. The summed E-state index contributed by atoms with van der Waals surface area (Å²) < 4.78 is 7.45. The van der Waals surface area contributed by atoms with Crippen LogP contribution in [0.1, 0.15) is 37.8 Å². The third kappa shape index (κ3) is 2.15. The molecule has 3 nitrogen and oxygen atoms in total. The van der Waals surface area contributed by atoms with Gasteiger partial charge in [0, 0.05) is 19.4 Å². The second-order valence-electron chi connectivity index (χ2n) is 3.92. The molecule has 0 unspecified atom stereocenters. The molecule has 0 radical (unpaired) electrons. The van der Waals surface area contributed by atoms with Crippen LogP contribution in [0.5, 0.6) is 0 Å². The van der Waals surface area contributed by atoms with E-state index in [4.69, 9.17) is 4.74 Å². The third-order valence-corrected chi connectivity index (χ3v) is 2.76. The molecular formula is C11H18N2O. The Labute approximate surface area is 85.1 Å². The molecule has 0 N–H and O–H groups in total. The zero-order chi connectivity index (χ0) is 9.80. The molecule has 78 valence electrons. The molecule has 1 aromatic rings. The molecule has 0 saturated carbocycles. The Kier molecular flexibility index (Phi) is 3.19. The van der Waals surface area contributed by atoms with Crippen LogP contribution in [0, 0.1) is 0 Å². The average molecular weight is 194 g/mol. The molecule has 0 atom stereocenters. The van der Waals surface area contributed by atoms with Gasteiger partial charge in [-0.15, -0.1) is 0 Å². The Balaban J connectivity index is 2.00. The Morgan fingerprint density at radius 1 is 1.50 bits per heavy atom. The lowest BCUT2D eigenvalue weighted by molar-refractivity contribution is 0.0662. The van der Waals surface area contributed by atoms with Crippen molar-refractivity contribution in [1.29, 1.82) is 0 Å². The predicted octanol–water partition coefficient (Wildman–Crippen LogP) is 2.19. The number of hydrogen-bond donors (Lipinski definition) is 0. The highest BCUT2D eigenvalue weighted by molar-refractivity contribution is 5.04. The van der Waals surface area contributed by atoms with Gasteiger partial charge in [-0.25, -0.2) is 0 Å². The first kappa shape index (κ1) is 9.71. The fourth-order valence-electron chi connectivity index (χ4n) is 1.94. The number of ether oxygens (including phenoxy) is 1. The van der Waals surface area contributed by atoms with E-state index in [9.17, 15) is 0 Å².